The Hall–Kier alpha value is -0.680. The molecule has 0 radical (unpaired) electrons. The molecule has 0 saturated carbocycles. The maximum atomic E-state index is 13.9. The first-order chi connectivity index (χ1) is 8.90. The van der Waals surface area contributed by atoms with Gasteiger partial charge in [-0.05, 0) is 40.2 Å². The topological polar surface area (TPSA) is 26.0 Å². The highest BCUT2D eigenvalue weighted by molar-refractivity contribution is 9.10. The fraction of sp³-hybridized carbons (Fsp3) is 0.0769. The highest BCUT2D eigenvalue weighted by Crippen LogP contribution is 2.31. The number of hydrogen-bond acceptors (Lipinski definition) is 1. The fourth-order valence-corrected chi connectivity index (χ4v) is 2.34. The van der Waals surface area contributed by atoms with Gasteiger partial charge in [-0.15, -0.1) is 0 Å². The van der Waals surface area contributed by atoms with Crippen LogP contribution in [-0.4, -0.2) is 0 Å². The van der Waals surface area contributed by atoms with Gasteiger partial charge in [0, 0.05) is 20.6 Å². The zero-order chi connectivity index (χ0) is 14.2. The van der Waals surface area contributed by atoms with E-state index in [9.17, 15) is 8.78 Å². The second-order valence-corrected chi connectivity index (χ2v) is 5.63. The van der Waals surface area contributed by atoms with Gasteiger partial charge in [0.1, 0.15) is 11.6 Å². The predicted octanol–water partition coefficient (Wildman–Crippen LogP) is 5.08. The van der Waals surface area contributed by atoms with Crippen LogP contribution >= 0.6 is 39.1 Å². The molecule has 0 fully saturated rings. The molecular formula is C13H8BrCl2F2N. The van der Waals surface area contributed by atoms with Gasteiger partial charge in [0.2, 0.25) is 0 Å². The van der Waals surface area contributed by atoms with Gasteiger partial charge in [-0.1, -0.05) is 29.3 Å². The first-order valence-corrected chi connectivity index (χ1v) is 6.80. The molecule has 0 spiro atoms. The van der Waals surface area contributed by atoms with Gasteiger partial charge < -0.3 is 5.73 Å². The van der Waals surface area contributed by atoms with E-state index in [1.165, 1.54) is 24.3 Å². The number of hydrogen-bond donors (Lipinski definition) is 1. The van der Waals surface area contributed by atoms with Crippen molar-refractivity contribution in [2.45, 2.75) is 6.04 Å². The first kappa shape index (κ1) is 14.7. The molecule has 0 amide bonds. The van der Waals surface area contributed by atoms with Crippen LogP contribution in [-0.2, 0) is 0 Å². The minimum absolute atomic E-state index is 0.120. The third-order valence-electron chi connectivity index (χ3n) is 2.67. The molecule has 0 heterocycles. The van der Waals surface area contributed by atoms with Gasteiger partial charge in [-0.3, -0.25) is 0 Å². The molecule has 19 heavy (non-hydrogen) atoms. The molecule has 0 bridgehead atoms. The van der Waals surface area contributed by atoms with E-state index in [0.29, 0.717) is 9.50 Å². The van der Waals surface area contributed by atoms with E-state index in [4.69, 9.17) is 28.9 Å². The summed E-state index contributed by atoms with van der Waals surface area (Å²) in [7, 11) is 0. The van der Waals surface area contributed by atoms with Crippen LogP contribution in [0.5, 0.6) is 0 Å². The molecule has 2 aromatic carbocycles. The Morgan fingerprint density at radius 2 is 1.63 bits per heavy atom. The lowest BCUT2D eigenvalue weighted by Gasteiger charge is -2.15. The lowest BCUT2D eigenvalue weighted by atomic mass is 9.98. The standard InChI is InChI=1S/C13H8BrCl2F2N/c14-9-5-12(18)8(4-10(9)16)13(19)7-2-1-6(15)3-11(7)17/h1-5,13H,19H2. The average molecular weight is 367 g/mol. The van der Waals surface area contributed by atoms with E-state index in [-0.39, 0.29) is 16.1 Å². The van der Waals surface area contributed by atoms with E-state index < -0.39 is 17.7 Å². The Bertz CT molecular complexity index is 634. The molecule has 2 N–H and O–H groups in total. The molecule has 0 aromatic heterocycles. The Labute approximate surface area is 127 Å². The van der Waals surface area contributed by atoms with Crippen molar-refractivity contribution in [3.05, 3.63) is 67.6 Å². The van der Waals surface area contributed by atoms with Crippen molar-refractivity contribution < 1.29 is 8.78 Å². The van der Waals surface area contributed by atoms with Crippen molar-refractivity contribution in [3.8, 4) is 0 Å². The van der Waals surface area contributed by atoms with Gasteiger partial charge in [0.05, 0.1) is 11.1 Å². The Morgan fingerprint density at radius 3 is 2.26 bits per heavy atom. The van der Waals surface area contributed by atoms with E-state index in [2.05, 4.69) is 15.9 Å². The second-order valence-electron chi connectivity index (χ2n) is 3.93. The van der Waals surface area contributed by atoms with E-state index >= 15 is 0 Å². The van der Waals surface area contributed by atoms with Crippen LogP contribution < -0.4 is 5.73 Å². The van der Waals surface area contributed by atoms with Gasteiger partial charge in [0.25, 0.3) is 0 Å². The average Bonchev–Trinajstić information content (AvgIpc) is 2.33. The summed E-state index contributed by atoms with van der Waals surface area (Å²) in [6.07, 6.45) is 0. The van der Waals surface area contributed by atoms with Crippen LogP contribution in [0.3, 0.4) is 0 Å². The zero-order valence-electron chi connectivity index (χ0n) is 9.43. The van der Waals surface area contributed by atoms with Crippen molar-refractivity contribution in [1.29, 1.82) is 0 Å². The first-order valence-electron chi connectivity index (χ1n) is 5.25. The van der Waals surface area contributed by atoms with Crippen molar-refractivity contribution in [2.24, 2.45) is 5.73 Å². The third kappa shape index (κ3) is 3.08. The van der Waals surface area contributed by atoms with Gasteiger partial charge in [0.15, 0.2) is 0 Å². The summed E-state index contributed by atoms with van der Waals surface area (Å²) in [5.41, 5.74) is 6.16. The SMILES string of the molecule is NC(c1ccc(Cl)cc1F)c1cc(Cl)c(Br)cc1F. The summed E-state index contributed by atoms with van der Waals surface area (Å²) in [6.45, 7) is 0. The normalized spacial score (nSPS) is 12.5. The molecule has 0 aliphatic heterocycles. The summed E-state index contributed by atoms with van der Waals surface area (Å²) in [5, 5.41) is 0.559. The molecule has 0 saturated heterocycles. The summed E-state index contributed by atoms with van der Waals surface area (Å²) in [4.78, 5) is 0. The molecule has 1 atom stereocenters. The van der Waals surface area contributed by atoms with E-state index in [1.807, 2.05) is 0 Å². The third-order valence-corrected chi connectivity index (χ3v) is 4.10. The minimum atomic E-state index is -0.956. The molecule has 0 aliphatic rings. The highest BCUT2D eigenvalue weighted by Gasteiger charge is 2.19. The van der Waals surface area contributed by atoms with Gasteiger partial charge in [-0.25, -0.2) is 8.78 Å². The molecule has 0 aliphatic carbocycles. The summed E-state index contributed by atoms with van der Waals surface area (Å²) < 4.78 is 28.0. The highest BCUT2D eigenvalue weighted by atomic mass is 79.9. The summed E-state index contributed by atoms with van der Waals surface area (Å²) >= 11 is 14.7. The smallest absolute Gasteiger partial charge is 0.129 e. The second kappa shape index (κ2) is 5.75. The minimum Gasteiger partial charge on any atom is -0.320 e. The fourth-order valence-electron chi connectivity index (χ4n) is 1.70. The Balaban J connectivity index is 2.49. The van der Waals surface area contributed by atoms with Crippen LogP contribution in [0, 0.1) is 11.6 Å². The maximum Gasteiger partial charge on any atom is 0.129 e. The predicted molar refractivity (Wildman–Crippen MR) is 76.6 cm³/mol. The lowest BCUT2D eigenvalue weighted by molar-refractivity contribution is 0.575. The van der Waals surface area contributed by atoms with Crippen molar-refractivity contribution in [2.75, 3.05) is 0 Å². The molecule has 100 valence electrons. The Morgan fingerprint density at radius 1 is 1.00 bits per heavy atom. The zero-order valence-corrected chi connectivity index (χ0v) is 12.5. The van der Waals surface area contributed by atoms with Crippen LogP contribution in [0.2, 0.25) is 10.0 Å². The molecule has 1 unspecified atom stereocenters. The molecule has 2 rings (SSSR count). The van der Waals surface area contributed by atoms with Crippen molar-refractivity contribution in [1.82, 2.24) is 0 Å². The molecular weight excluding hydrogens is 359 g/mol. The molecule has 2 aromatic rings. The van der Waals surface area contributed by atoms with Gasteiger partial charge in [-0.2, -0.15) is 0 Å². The summed E-state index contributed by atoms with van der Waals surface area (Å²) in [5.74, 6) is -1.14. The largest absolute Gasteiger partial charge is 0.320 e. The molecule has 6 heteroatoms. The number of halogens is 5. The van der Waals surface area contributed by atoms with E-state index in [1.54, 1.807) is 0 Å². The number of benzene rings is 2. The number of nitrogens with two attached hydrogens (primary N) is 1. The van der Waals surface area contributed by atoms with Crippen LogP contribution in [0.4, 0.5) is 8.78 Å². The van der Waals surface area contributed by atoms with Crippen LogP contribution in [0.1, 0.15) is 17.2 Å². The molecule has 1 nitrogen and oxygen atoms in total. The van der Waals surface area contributed by atoms with Crippen LogP contribution in [0.15, 0.2) is 34.8 Å². The van der Waals surface area contributed by atoms with Crippen LogP contribution in [0.25, 0.3) is 0 Å². The summed E-state index contributed by atoms with van der Waals surface area (Å²) in [6, 6.07) is 5.68. The van der Waals surface area contributed by atoms with E-state index in [0.717, 1.165) is 6.07 Å². The monoisotopic (exact) mass is 365 g/mol. The van der Waals surface area contributed by atoms with Crippen molar-refractivity contribution >= 4 is 39.1 Å². The Kier molecular flexibility index (Phi) is 4.46. The quantitative estimate of drug-likeness (QED) is 0.736. The van der Waals surface area contributed by atoms with Crippen molar-refractivity contribution in [3.63, 3.8) is 0 Å². The number of rotatable bonds is 2. The maximum absolute atomic E-state index is 13.9. The lowest BCUT2D eigenvalue weighted by Crippen LogP contribution is -2.15. The van der Waals surface area contributed by atoms with Gasteiger partial charge >= 0.3 is 0 Å².